The molecular formula is C13H26O. The van der Waals surface area contributed by atoms with Gasteiger partial charge in [-0.05, 0) is 43.4 Å². The van der Waals surface area contributed by atoms with Crippen molar-refractivity contribution in [3.8, 4) is 0 Å². The Morgan fingerprint density at radius 2 is 2.00 bits per heavy atom. The summed E-state index contributed by atoms with van der Waals surface area (Å²) >= 11 is 0. The molecule has 1 aliphatic carbocycles. The second-order valence-corrected chi connectivity index (χ2v) is 5.40. The predicted octanol–water partition coefficient (Wildman–Crippen LogP) is 3.61. The Labute approximate surface area is 88.9 Å². The van der Waals surface area contributed by atoms with Crippen LogP contribution in [0.5, 0.6) is 0 Å². The van der Waals surface area contributed by atoms with E-state index < -0.39 is 0 Å². The van der Waals surface area contributed by atoms with Gasteiger partial charge < -0.3 is 5.11 Å². The fourth-order valence-electron chi connectivity index (χ4n) is 2.90. The Kier molecular flexibility index (Phi) is 4.94. The fraction of sp³-hybridized carbons (Fsp3) is 1.00. The topological polar surface area (TPSA) is 20.2 Å². The zero-order valence-electron chi connectivity index (χ0n) is 10.00. The summed E-state index contributed by atoms with van der Waals surface area (Å²) in [7, 11) is 0. The monoisotopic (exact) mass is 198 g/mol. The number of aliphatic hydroxyl groups excluding tert-OH is 1. The summed E-state index contributed by atoms with van der Waals surface area (Å²) in [5.74, 6) is 2.30. The smallest absolute Gasteiger partial charge is 0.0565 e. The van der Waals surface area contributed by atoms with E-state index in [4.69, 9.17) is 0 Å². The Morgan fingerprint density at radius 1 is 1.29 bits per heavy atom. The lowest BCUT2D eigenvalue weighted by Crippen LogP contribution is -2.26. The molecule has 0 saturated heterocycles. The molecule has 0 aromatic carbocycles. The van der Waals surface area contributed by atoms with E-state index in [1.54, 1.807) is 0 Å². The van der Waals surface area contributed by atoms with Gasteiger partial charge in [-0.3, -0.25) is 0 Å². The first-order chi connectivity index (χ1) is 6.63. The first-order valence-corrected chi connectivity index (χ1v) is 6.31. The molecule has 1 fully saturated rings. The van der Waals surface area contributed by atoms with Gasteiger partial charge >= 0.3 is 0 Å². The third-order valence-electron chi connectivity index (χ3n) is 3.59. The molecule has 1 saturated carbocycles. The lowest BCUT2D eigenvalue weighted by molar-refractivity contribution is 0.0623. The van der Waals surface area contributed by atoms with Gasteiger partial charge in [0, 0.05) is 0 Å². The second kappa shape index (κ2) is 5.75. The van der Waals surface area contributed by atoms with Crippen molar-refractivity contribution in [2.75, 3.05) is 0 Å². The molecule has 1 aliphatic rings. The van der Waals surface area contributed by atoms with Gasteiger partial charge in [0.2, 0.25) is 0 Å². The Hall–Kier alpha value is -0.0400. The van der Waals surface area contributed by atoms with Gasteiger partial charge in [0.15, 0.2) is 0 Å². The van der Waals surface area contributed by atoms with Crippen molar-refractivity contribution in [3.05, 3.63) is 0 Å². The summed E-state index contributed by atoms with van der Waals surface area (Å²) in [5, 5.41) is 9.83. The largest absolute Gasteiger partial charge is 0.393 e. The van der Waals surface area contributed by atoms with E-state index in [2.05, 4.69) is 20.8 Å². The van der Waals surface area contributed by atoms with Crippen LogP contribution in [0.1, 0.15) is 59.3 Å². The molecule has 84 valence electrons. The van der Waals surface area contributed by atoms with Crippen LogP contribution in [0.2, 0.25) is 0 Å². The van der Waals surface area contributed by atoms with Crippen molar-refractivity contribution < 1.29 is 5.11 Å². The number of hydrogen-bond acceptors (Lipinski definition) is 1. The normalized spacial score (nSPS) is 30.6. The molecule has 0 spiro atoms. The molecule has 1 nitrogen and oxygen atoms in total. The van der Waals surface area contributed by atoms with E-state index in [1.165, 1.54) is 32.1 Å². The summed E-state index contributed by atoms with van der Waals surface area (Å²) in [6, 6.07) is 0. The lowest BCUT2D eigenvalue weighted by Gasteiger charge is -2.32. The third kappa shape index (κ3) is 3.61. The molecule has 0 radical (unpaired) electrons. The quantitative estimate of drug-likeness (QED) is 0.731. The average molecular weight is 198 g/mol. The Balaban J connectivity index is 2.35. The highest BCUT2D eigenvalue weighted by Crippen LogP contribution is 2.35. The molecule has 3 atom stereocenters. The van der Waals surface area contributed by atoms with E-state index in [1.807, 2.05) is 0 Å². The van der Waals surface area contributed by atoms with E-state index in [0.29, 0.717) is 5.92 Å². The highest BCUT2D eigenvalue weighted by Gasteiger charge is 2.26. The summed E-state index contributed by atoms with van der Waals surface area (Å²) in [6.07, 6.45) is 7.50. The van der Waals surface area contributed by atoms with Gasteiger partial charge in [0.25, 0.3) is 0 Å². The van der Waals surface area contributed by atoms with Gasteiger partial charge in [-0.25, -0.2) is 0 Å². The molecule has 14 heavy (non-hydrogen) atoms. The molecule has 1 rings (SSSR count). The highest BCUT2D eigenvalue weighted by atomic mass is 16.3. The van der Waals surface area contributed by atoms with Gasteiger partial charge in [-0.1, -0.05) is 33.6 Å². The van der Waals surface area contributed by atoms with Crippen LogP contribution < -0.4 is 0 Å². The van der Waals surface area contributed by atoms with Crippen molar-refractivity contribution in [1.82, 2.24) is 0 Å². The molecule has 0 bridgehead atoms. The van der Waals surface area contributed by atoms with Crippen LogP contribution in [-0.2, 0) is 0 Å². The first kappa shape index (κ1) is 12.0. The van der Waals surface area contributed by atoms with E-state index in [-0.39, 0.29) is 6.10 Å². The summed E-state index contributed by atoms with van der Waals surface area (Å²) in [5.41, 5.74) is 0. The van der Waals surface area contributed by atoms with Crippen molar-refractivity contribution in [1.29, 1.82) is 0 Å². The molecule has 1 N–H and O–H groups in total. The Morgan fingerprint density at radius 3 is 2.57 bits per heavy atom. The van der Waals surface area contributed by atoms with Crippen molar-refractivity contribution in [2.45, 2.75) is 65.4 Å². The Bertz CT molecular complexity index is 153. The lowest BCUT2D eigenvalue weighted by atomic mass is 9.75. The minimum Gasteiger partial charge on any atom is -0.393 e. The van der Waals surface area contributed by atoms with Gasteiger partial charge in [0.05, 0.1) is 6.10 Å². The van der Waals surface area contributed by atoms with Crippen molar-refractivity contribution in [3.63, 3.8) is 0 Å². The van der Waals surface area contributed by atoms with E-state index in [0.717, 1.165) is 18.3 Å². The van der Waals surface area contributed by atoms with Gasteiger partial charge in [0.1, 0.15) is 0 Å². The zero-order chi connectivity index (χ0) is 10.6. The minimum absolute atomic E-state index is 0.0371. The number of hydrogen-bond donors (Lipinski definition) is 1. The molecule has 3 unspecified atom stereocenters. The fourth-order valence-corrected chi connectivity index (χ4v) is 2.90. The first-order valence-electron chi connectivity index (χ1n) is 6.31. The standard InChI is InChI=1S/C13H26O/c1-4-13(14)12-7-5-6-11(9-12)8-10(2)3/h10-14H,4-9H2,1-3H3. The van der Waals surface area contributed by atoms with E-state index in [9.17, 15) is 5.11 Å². The predicted molar refractivity (Wildman–Crippen MR) is 61.2 cm³/mol. The van der Waals surface area contributed by atoms with Crippen LogP contribution in [0.25, 0.3) is 0 Å². The number of aliphatic hydroxyl groups is 1. The number of rotatable bonds is 4. The minimum atomic E-state index is -0.0371. The molecule has 0 aliphatic heterocycles. The molecular weight excluding hydrogens is 172 g/mol. The SMILES string of the molecule is CCC(O)C1CCCC(CC(C)C)C1. The molecule has 0 amide bonds. The second-order valence-electron chi connectivity index (χ2n) is 5.40. The molecule has 0 aromatic heterocycles. The maximum atomic E-state index is 9.83. The summed E-state index contributed by atoms with van der Waals surface area (Å²) in [4.78, 5) is 0. The van der Waals surface area contributed by atoms with Crippen LogP contribution in [0.15, 0.2) is 0 Å². The third-order valence-corrected chi connectivity index (χ3v) is 3.59. The van der Waals surface area contributed by atoms with Crippen LogP contribution in [-0.4, -0.2) is 11.2 Å². The van der Waals surface area contributed by atoms with Crippen molar-refractivity contribution >= 4 is 0 Å². The molecule has 1 heteroatoms. The highest BCUT2D eigenvalue weighted by molar-refractivity contribution is 4.78. The summed E-state index contributed by atoms with van der Waals surface area (Å²) in [6.45, 7) is 6.70. The van der Waals surface area contributed by atoms with Crippen LogP contribution in [0.4, 0.5) is 0 Å². The zero-order valence-corrected chi connectivity index (χ0v) is 10.00. The van der Waals surface area contributed by atoms with Crippen LogP contribution in [0.3, 0.4) is 0 Å². The molecule has 0 aromatic rings. The average Bonchev–Trinajstić information content (AvgIpc) is 2.16. The van der Waals surface area contributed by atoms with Gasteiger partial charge in [-0.15, -0.1) is 0 Å². The van der Waals surface area contributed by atoms with Gasteiger partial charge in [-0.2, -0.15) is 0 Å². The maximum Gasteiger partial charge on any atom is 0.0565 e. The van der Waals surface area contributed by atoms with E-state index >= 15 is 0 Å². The van der Waals surface area contributed by atoms with Crippen LogP contribution >= 0.6 is 0 Å². The van der Waals surface area contributed by atoms with Crippen molar-refractivity contribution in [2.24, 2.45) is 17.8 Å². The maximum absolute atomic E-state index is 9.83. The summed E-state index contributed by atoms with van der Waals surface area (Å²) < 4.78 is 0. The molecule has 0 heterocycles. The van der Waals surface area contributed by atoms with Crippen LogP contribution in [0, 0.1) is 17.8 Å².